The zero-order valence-corrected chi connectivity index (χ0v) is 30.9. The van der Waals surface area contributed by atoms with Crippen molar-refractivity contribution in [3.63, 3.8) is 0 Å². The summed E-state index contributed by atoms with van der Waals surface area (Å²) in [4.78, 5) is 33.3. The number of nitrogens with zero attached hydrogens (tertiary/aromatic N) is 3. The van der Waals surface area contributed by atoms with Crippen LogP contribution in [-0.4, -0.2) is 103 Å². The maximum atomic E-state index is 13.2. The topological polar surface area (TPSA) is 74.3 Å². The number of likely N-dealkylation sites (tertiary alicyclic amines) is 1. The number of carbonyl (C=O) groups excluding carboxylic acids is 2. The number of carbonyl (C=O) groups is 2. The van der Waals surface area contributed by atoms with Gasteiger partial charge in [-0.05, 0) is 137 Å². The molecule has 2 amide bonds. The lowest BCUT2D eigenvalue weighted by molar-refractivity contribution is -0.273. The Bertz CT molecular complexity index is 1210. The Balaban J connectivity index is 0.831. The average Bonchev–Trinajstić information content (AvgIpc) is 3.52. The maximum Gasteiger partial charge on any atom is 0.232 e. The molecule has 4 aliphatic heterocycles. The highest BCUT2D eigenvalue weighted by molar-refractivity contribution is 5.97. The minimum Gasteiger partial charge on any atom is -0.353 e. The van der Waals surface area contributed by atoms with Crippen molar-refractivity contribution in [2.24, 2.45) is 52.3 Å². The minimum atomic E-state index is -0.328. The third kappa shape index (κ3) is 5.69. The third-order valence-electron chi connectivity index (χ3n) is 16.5. The van der Waals surface area contributed by atoms with Gasteiger partial charge in [0.2, 0.25) is 11.8 Å². The van der Waals surface area contributed by atoms with Gasteiger partial charge in [-0.25, -0.2) is 0 Å². The molecule has 4 saturated carbocycles. The number of amides is 2. The van der Waals surface area contributed by atoms with E-state index in [9.17, 15) is 9.59 Å². The number of hydrogen-bond acceptors (Lipinski definition) is 6. The Morgan fingerprint density at radius 2 is 1.56 bits per heavy atom. The van der Waals surface area contributed by atoms with Crippen LogP contribution in [0, 0.1) is 52.3 Å². The van der Waals surface area contributed by atoms with Crippen molar-refractivity contribution in [1.29, 1.82) is 0 Å². The molecule has 0 bridgehead atoms. The molecule has 1 N–H and O–H groups in total. The molecule has 8 fully saturated rings. The van der Waals surface area contributed by atoms with Gasteiger partial charge in [-0.3, -0.25) is 14.5 Å². The first-order valence-corrected chi connectivity index (χ1v) is 20.3. The average molecular weight is 667 g/mol. The Morgan fingerprint density at radius 3 is 2.29 bits per heavy atom. The summed E-state index contributed by atoms with van der Waals surface area (Å²) in [6, 6.07) is 0.861. The molecule has 8 heteroatoms. The van der Waals surface area contributed by atoms with Crippen LogP contribution < -0.4 is 5.32 Å². The van der Waals surface area contributed by atoms with Gasteiger partial charge in [-0.1, -0.05) is 27.7 Å². The quantitative estimate of drug-likeness (QED) is 0.397. The van der Waals surface area contributed by atoms with E-state index >= 15 is 0 Å². The van der Waals surface area contributed by atoms with E-state index < -0.39 is 0 Å². The second kappa shape index (κ2) is 12.8. The normalized spacial score (nSPS) is 48.4. The summed E-state index contributed by atoms with van der Waals surface area (Å²) in [6.07, 6.45) is 15.0. The highest BCUT2D eigenvalue weighted by Gasteiger charge is 2.69. The molecule has 0 aromatic carbocycles. The molecule has 4 saturated heterocycles. The fourth-order valence-electron chi connectivity index (χ4n) is 13.6. The van der Waals surface area contributed by atoms with E-state index in [2.05, 4.69) is 49.9 Å². The fourth-order valence-corrected chi connectivity index (χ4v) is 13.6. The summed E-state index contributed by atoms with van der Waals surface area (Å²) >= 11 is 0. The van der Waals surface area contributed by atoms with Gasteiger partial charge < -0.3 is 24.6 Å². The Labute approximate surface area is 290 Å². The predicted octanol–water partition coefficient (Wildman–Crippen LogP) is 5.55. The van der Waals surface area contributed by atoms with Gasteiger partial charge in [-0.15, -0.1) is 0 Å². The predicted molar refractivity (Wildman–Crippen MR) is 187 cm³/mol. The largest absolute Gasteiger partial charge is 0.353 e. The summed E-state index contributed by atoms with van der Waals surface area (Å²) in [5.41, 5.74) is 0.727. The standard InChI is InChI=1S/C40H66N4O4/c1-26-8-15-40(47-25-26)27(2)37-34(48-40)23-33-31-7-6-28-22-29(9-13-38(28,3)32(31)10-14-39(33,37)4)41-35(45)24-36(46)44-20-18-43(19-21-44)30-11-16-42(5)17-12-30/h26-34,37H,6-25H2,1-5H3,(H,41,45)/t26-,27+,28-,29?,31-,32?,33+,34+,37+,38+,39+,40-/m1/s1. The number of ether oxygens (including phenoxy) is 2. The Morgan fingerprint density at radius 1 is 0.812 bits per heavy atom. The maximum absolute atomic E-state index is 13.2. The van der Waals surface area contributed by atoms with Crippen molar-refractivity contribution in [2.75, 3.05) is 52.9 Å². The van der Waals surface area contributed by atoms with Crippen LogP contribution in [-0.2, 0) is 19.1 Å². The van der Waals surface area contributed by atoms with Crippen LogP contribution >= 0.6 is 0 Å². The lowest BCUT2D eigenvalue weighted by atomic mass is 9.44. The molecule has 48 heavy (non-hydrogen) atoms. The van der Waals surface area contributed by atoms with Gasteiger partial charge in [0.25, 0.3) is 0 Å². The van der Waals surface area contributed by atoms with E-state index in [1.807, 2.05) is 4.90 Å². The third-order valence-corrected chi connectivity index (χ3v) is 16.5. The first kappa shape index (κ1) is 33.9. The van der Waals surface area contributed by atoms with Crippen molar-refractivity contribution in [1.82, 2.24) is 20.0 Å². The molecule has 0 aromatic heterocycles. The van der Waals surface area contributed by atoms with Crippen molar-refractivity contribution in [3.8, 4) is 0 Å². The SMILES string of the molecule is C[C@@H]1CC[C@@]2(OC1)O[C@H]1C[C@H]3[C@@H]4CC[C@@H]5CC(NC(=O)CC(=O)N6CCN(C7CCN(C)CC7)CC6)CC[C@]5(C)C4CC[C@]3(C)[C@H]1[C@@H]2C. The first-order valence-electron chi connectivity index (χ1n) is 20.3. The number of fused-ring (bicyclic) bond motifs is 7. The van der Waals surface area contributed by atoms with Gasteiger partial charge in [-0.2, -0.15) is 0 Å². The molecule has 0 aromatic rings. The van der Waals surface area contributed by atoms with E-state index in [1.165, 1.54) is 57.8 Å². The van der Waals surface area contributed by atoms with Crippen LogP contribution in [0.3, 0.4) is 0 Å². The first-order chi connectivity index (χ1) is 23.0. The molecule has 2 unspecified atom stereocenters. The van der Waals surface area contributed by atoms with E-state index in [-0.39, 0.29) is 30.1 Å². The second-order valence-corrected chi connectivity index (χ2v) is 18.8. The van der Waals surface area contributed by atoms with Crippen molar-refractivity contribution in [2.45, 2.75) is 135 Å². The summed E-state index contributed by atoms with van der Waals surface area (Å²) in [5, 5.41) is 3.35. The molecule has 4 heterocycles. The summed E-state index contributed by atoms with van der Waals surface area (Å²) < 4.78 is 13.5. The molecular weight excluding hydrogens is 600 g/mol. The molecule has 8 aliphatic rings. The molecule has 8 nitrogen and oxygen atoms in total. The summed E-state index contributed by atoms with van der Waals surface area (Å²) in [6.45, 7) is 16.6. The lowest BCUT2D eigenvalue weighted by Crippen LogP contribution is -2.56. The molecule has 0 radical (unpaired) electrons. The molecule has 12 atom stereocenters. The smallest absolute Gasteiger partial charge is 0.232 e. The number of nitrogens with one attached hydrogen (secondary N) is 1. The van der Waals surface area contributed by atoms with Crippen LogP contribution in [0.1, 0.15) is 111 Å². The minimum absolute atomic E-state index is 0.00575. The van der Waals surface area contributed by atoms with Crippen molar-refractivity contribution in [3.05, 3.63) is 0 Å². The van der Waals surface area contributed by atoms with Gasteiger partial charge in [0.1, 0.15) is 6.42 Å². The van der Waals surface area contributed by atoms with Crippen molar-refractivity contribution < 1.29 is 19.1 Å². The van der Waals surface area contributed by atoms with Gasteiger partial charge in [0.15, 0.2) is 5.79 Å². The molecule has 8 rings (SSSR count). The monoisotopic (exact) mass is 667 g/mol. The summed E-state index contributed by atoms with van der Waals surface area (Å²) in [7, 11) is 2.20. The van der Waals surface area contributed by atoms with Gasteiger partial charge in [0, 0.05) is 50.6 Å². The van der Waals surface area contributed by atoms with Crippen LogP contribution in [0.15, 0.2) is 0 Å². The molecular formula is C40H66N4O4. The fraction of sp³-hybridized carbons (Fsp3) is 0.950. The molecule has 1 spiro atoms. The van der Waals surface area contributed by atoms with E-state index in [0.29, 0.717) is 46.6 Å². The molecule has 270 valence electrons. The van der Waals surface area contributed by atoms with Crippen LogP contribution in [0.4, 0.5) is 0 Å². The van der Waals surface area contributed by atoms with E-state index in [4.69, 9.17) is 9.47 Å². The lowest BCUT2D eigenvalue weighted by Gasteiger charge is -2.61. The summed E-state index contributed by atoms with van der Waals surface area (Å²) in [5.74, 6) is 4.40. The number of rotatable bonds is 4. The highest BCUT2D eigenvalue weighted by atomic mass is 16.7. The van der Waals surface area contributed by atoms with E-state index in [0.717, 1.165) is 82.9 Å². The number of hydrogen-bond donors (Lipinski definition) is 1. The van der Waals surface area contributed by atoms with Crippen LogP contribution in [0.25, 0.3) is 0 Å². The Kier molecular flexibility index (Phi) is 9.02. The highest BCUT2D eigenvalue weighted by Crippen LogP contribution is 2.71. The zero-order chi connectivity index (χ0) is 33.4. The van der Waals surface area contributed by atoms with Crippen LogP contribution in [0.5, 0.6) is 0 Å². The molecule has 4 aliphatic carbocycles. The number of piperazine rings is 1. The second-order valence-electron chi connectivity index (χ2n) is 18.8. The zero-order valence-electron chi connectivity index (χ0n) is 30.9. The Hall–Kier alpha value is -1.22. The van der Waals surface area contributed by atoms with E-state index in [1.54, 1.807) is 0 Å². The van der Waals surface area contributed by atoms with Crippen LogP contribution in [0.2, 0.25) is 0 Å². The van der Waals surface area contributed by atoms with Gasteiger partial charge in [0.05, 0.1) is 12.7 Å². The number of piperidine rings is 1. The van der Waals surface area contributed by atoms with Gasteiger partial charge >= 0.3 is 0 Å². The van der Waals surface area contributed by atoms with Crippen molar-refractivity contribution >= 4 is 11.8 Å².